The van der Waals surface area contributed by atoms with Crippen LogP contribution in [0.15, 0.2) is 10.5 Å². The Morgan fingerprint density at radius 3 is 2.64 bits per heavy atom. The summed E-state index contributed by atoms with van der Waals surface area (Å²) in [5, 5.41) is 0. The van der Waals surface area contributed by atoms with Gasteiger partial charge in [0.15, 0.2) is 0 Å². The molecule has 1 aromatic heterocycles. The van der Waals surface area contributed by atoms with Gasteiger partial charge in [-0.2, -0.15) is 0 Å². The summed E-state index contributed by atoms with van der Waals surface area (Å²) in [6.07, 6.45) is 2.29. The van der Waals surface area contributed by atoms with Crippen molar-refractivity contribution in [1.29, 1.82) is 0 Å². The molecule has 0 spiro atoms. The Labute approximate surface area is 78.7 Å². The maximum atomic E-state index is 6.06. The van der Waals surface area contributed by atoms with Crippen LogP contribution in [0.1, 0.15) is 22.6 Å². The Bertz CT molecular complexity index is 288. The summed E-state index contributed by atoms with van der Waals surface area (Å²) in [7, 11) is 0. The molecular weight excluding hydrogens is 222 g/mol. The molecule has 1 aliphatic carbocycles. The first-order valence-corrected chi connectivity index (χ1v) is 5.28. The third kappa shape index (κ3) is 1.25. The normalized spacial score (nSPS) is 20.3. The standard InChI is InChI=1S/C8H10BrNS/c1-5-4-6(9)7(11-5)8(10)2-3-8/h4H,2-3,10H2,1H3. The summed E-state index contributed by atoms with van der Waals surface area (Å²) in [5.41, 5.74) is 6.09. The highest BCUT2D eigenvalue weighted by molar-refractivity contribution is 9.10. The highest BCUT2D eigenvalue weighted by Crippen LogP contribution is 2.48. The molecule has 0 bridgehead atoms. The lowest BCUT2D eigenvalue weighted by molar-refractivity contribution is 0.755. The zero-order chi connectivity index (χ0) is 8.06. The Morgan fingerprint density at radius 1 is 1.64 bits per heavy atom. The minimum absolute atomic E-state index is 0.0256. The molecule has 60 valence electrons. The number of hydrogen-bond acceptors (Lipinski definition) is 2. The van der Waals surface area contributed by atoms with Gasteiger partial charge >= 0.3 is 0 Å². The second-order valence-corrected chi connectivity index (χ2v) is 5.30. The van der Waals surface area contributed by atoms with Crippen molar-refractivity contribution >= 4 is 27.3 Å². The van der Waals surface area contributed by atoms with Gasteiger partial charge < -0.3 is 5.73 Å². The lowest BCUT2D eigenvalue weighted by Crippen LogP contribution is -2.17. The summed E-state index contributed by atoms with van der Waals surface area (Å²) < 4.78 is 1.19. The minimum Gasteiger partial charge on any atom is -0.321 e. The van der Waals surface area contributed by atoms with Crippen LogP contribution in [0.5, 0.6) is 0 Å². The van der Waals surface area contributed by atoms with E-state index in [0.717, 1.165) is 12.8 Å². The highest BCUT2D eigenvalue weighted by atomic mass is 79.9. The molecule has 0 aromatic carbocycles. The van der Waals surface area contributed by atoms with E-state index in [1.54, 1.807) is 0 Å². The molecule has 1 fully saturated rings. The fraction of sp³-hybridized carbons (Fsp3) is 0.500. The van der Waals surface area contributed by atoms with E-state index in [0.29, 0.717) is 0 Å². The van der Waals surface area contributed by atoms with Crippen molar-refractivity contribution in [2.24, 2.45) is 5.73 Å². The van der Waals surface area contributed by atoms with Gasteiger partial charge in [-0.1, -0.05) is 0 Å². The molecule has 1 saturated carbocycles. The number of nitrogens with two attached hydrogens (primary N) is 1. The van der Waals surface area contributed by atoms with E-state index in [-0.39, 0.29) is 5.54 Å². The Balaban J connectivity index is 2.44. The van der Waals surface area contributed by atoms with Crippen LogP contribution in [0, 0.1) is 6.92 Å². The first kappa shape index (κ1) is 7.77. The van der Waals surface area contributed by atoms with Gasteiger partial charge in [0.05, 0.1) is 5.54 Å². The van der Waals surface area contributed by atoms with Gasteiger partial charge in [0.2, 0.25) is 0 Å². The van der Waals surface area contributed by atoms with Crippen molar-refractivity contribution in [3.8, 4) is 0 Å². The molecule has 0 atom stereocenters. The minimum atomic E-state index is 0.0256. The molecule has 1 aliphatic rings. The molecule has 2 rings (SSSR count). The van der Waals surface area contributed by atoms with Gasteiger partial charge in [0, 0.05) is 14.2 Å². The number of thiophene rings is 1. The monoisotopic (exact) mass is 231 g/mol. The molecule has 0 radical (unpaired) electrons. The van der Waals surface area contributed by atoms with Gasteiger partial charge in [-0.25, -0.2) is 0 Å². The summed E-state index contributed by atoms with van der Waals surface area (Å²) in [4.78, 5) is 2.67. The summed E-state index contributed by atoms with van der Waals surface area (Å²) in [6.45, 7) is 2.12. The third-order valence-electron chi connectivity index (χ3n) is 2.05. The van der Waals surface area contributed by atoms with E-state index in [2.05, 4.69) is 28.9 Å². The molecule has 0 saturated heterocycles. The quantitative estimate of drug-likeness (QED) is 0.791. The molecule has 1 nitrogen and oxygen atoms in total. The number of rotatable bonds is 1. The van der Waals surface area contributed by atoms with Crippen molar-refractivity contribution < 1.29 is 0 Å². The topological polar surface area (TPSA) is 26.0 Å². The van der Waals surface area contributed by atoms with Crippen LogP contribution in [-0.2, 0) is 5.54 Å². The molecule has 0 amide bonds. The first-order valence-electron chi connectivity index (χ1n) is 3.67. The van der Waals surface area contributed by atoms with Gasteiger partial charge in [0.1, 0.15) is 0 Å². The predicted octanol–water partition coefficient (Wildman–Crippen LogP) is 2.77. The van der Waals surface area contributed by atoms with E-state index >= 15 is 0 Å². The van der Waals surface area contributed by atoms with Crippen LogP contribution >= 0.6 is 27.3 Å². The molecule has 1 heterocycles. The predicted molar refractivity (Wildman–Crippen MR) is 51.9 cm³/mol. The Kier molecular flexibility index (Phi) is 1.63. The Hall–Kier alpha value is 0.140. The maximum Gasteiger partial charge on any atom is 0.0516 e. The van der Waals surface area contributed by atoms with Crippen LogP contribution in [0.3, 0.4) is 0 Å². The van der Waals surface area contributed by atoms with Gasteiger partial charge in [-0.15, -0.1) is 11.3 Å². The summed E-state index contributed by atoms with van der Waals surface area (Å²) in [6, 6.07) is 2.15. The molecule has 1 aromatic rings. The maximum absolute atomic E-state index is 6.06. The van der Waals surface area contributed by atoms with E-state index in [1.165, 1.54) is 14.2 Å². The van der Waals surface area contributed by atoms with Gasteiger partial charge in [-0.05, 0) is 41.8 Å². The molecule has 3 heteroatoms. The van der Waals surface area contributed by atoms with E-state index in [4.69, 9.17) is 5.73 Å². The lowest BCUT2D eigenvalue weighted by atomic mass is 10.2. The number of halogens is 1. The average Bonchev–Trinajstić information content (AvgIpc) is 2.55. The van der Waals surface area contributed by atoms with Crippen LogP contribution in [0.4, 0.5) is 0 Å². The molecule has 11 heavy (non-hydrogen) atoms. The van der Waals surface area contributed by atoms with Gasteiger partial charge in [-0.3, -0.25) is 0 Å². The van der Waals surface area contributed by atoms with Crippen molar-refractivity contribution in [2.75, 3.05) is 0 Å². The van der Waals surface area contributed by atoms with Crippen LogP contribution in [0.25, 0.3) is 0 Å². The lowest BCUT2D eigenvalue weighted by Gasteiger charge is -2.04. The van der Waals surface area contributed by atoms with Crippen molar-refractivity contribution in [3.63, 3.8) is 0 Å². The summed E-state index contributed by atoms with van der Waals surface area (Å²) >= 11 is 5.34. The van der Waals surface area contributed by atoms with E-state index in [9.17, 15) is 0 Å². The first-order chi connectivity index (χ1) is 5.12. The molecule has 2 N–H and O–H groups in total. The molecule has 0 unspecified atom stereocenters. The zero-order valence-corrected chi connectivity index (χ0v) is 8.76. The van der Waals surface area contributed by atoms with Crippen LogP contribution in [0.2, 0.25) is 0 Å². The SMILES string of the molecule is Cc1cc(Br)c(C2(N)CC2)s1. The van der Waals surface area contributed by atoms with Crippen molar-refractivity contribution in [3.05, 3.63) is 20.3 Å². The van der Waals surface area contributed by atoms with E-state index in [1.807, 2.05) is 11.3 Å². The highest BCUT2D eigenvalue weighted by Gasteiger charge is 2.42. The third-order valence-corrected chi connectivity index (χ3v) is 4.21. The fourth-order valence-electron chi connectivity index (χ4n) is 1.18. The van der Waals surface area contributed by atoms with Crippen molar-refractivity contribution in [1.82, 2.24) is 0 Å². The Morgan fingerprint density at radius 2 is 2.27 bits per heavy atom. The number of aryl methyl sites for hydroxylation is 1. The average molecular weight is 232 g/mol. The largest absolute Gasteiger partial charge is 0.321 e. The molecule has 0 aliphatic heterocycles. The van der Waals surface area contributed by atoms with Crippen LogP contribution < -0.4 is 5.73 Å². The van der Waals surface area contributed by atoms with Crippen molar-refractivity contribution in [2.45, 2.75) is 25.3 Å². The van der Waals surface area contributed by atoms with Gasteiger partial charge in [0.25, 0.3) is 0 Å². The fourth-order valence-corrected chi connectivity index (χ4v) is 3.38. The zero-order valence-electron chi connectivity index (χ0n) is 6.36. The summed E-state index contributed by atoms with van der Waals surface area (Å²) in [5.74, 6) is 0. The van der Waals surface area contributed by atoms with Crippen LogP contribution in [-0.4, -0.2) is 0 Å². The second kappa shape index (κ2) is 2.31. The van der Waals surface area contributed by atoms with E-state index < -0.39 is 0 Å². The smallest absolute Gasteiger partial charge is 0.0516 e. The molecular formula is C8H10BrNS. The second-order valence-electron chi connectivity index (χ2n) is 3.19. The number of hydrogen-bond donors (Lipinski definition) is 1.